The SMILES string of the molecule is CCC1C(=O)NC(C2CC2)C(=O)N1CC1(OC)CCC1. The molecule has 2 aliphatic carbocycles. The molecule has 1 saturated heterocycles. The van der Waals surface area contributed by atoms with Crippen LogP contribution in [0.25, 0.3) is 0 Å². The third-order valence-corrected chi connectivity index (χ3v) is 5.16. The van der Waals surface area contributed by atoms with E-state index >= 15 is 0 Å². The lowest BCUT2D eigenvalue weighted by Crippen LogP contribution is -2.67. The molecule has 20 heavy (non-hydrogen) atoms. The van der Waals surface area contributed by atoms with E-state index in [0.29, 0.717) is 18.9 Å². The molecular formula is C15H24N2O3. The fraction of sp³-hybridized carbons (Fsp3) is 0.867. The number of ether oxygens (including phenoxy) is 1. The number of nitrogens with zero attached hydrogens (tertiary/aromatic N) is 1. The average molecular weight is 280 g/mol. The first-order valence-corrected chi connectivity index (χ1v) is 7.76. The van der Waals surface area contributed by atoms with Gasteiger partial charge in [0.2, 0.25) is 11.8 Å². The minimum atomic E-state index is -0.329. The molecule has 2 unspecified atom stereocenters. The highest BCUT2D eigenvalue weighted by Gasteiger charge is 2.49. The highest BCUT2D eigenvalue weighted by molar-refractivity contribution is 5.97. The van der Waals surface area contributed by atoms with Gasteiger partial charge >= 0.3 is 0 Å². The standard InChI is InChI=1S/C15H24N2O3/c1-3-11-13(18)16-12(10-5-6-10)14(19)17(11)9-15(20-2)7-4-8-15/h10-12H,3-9H2,1-2H3,(H,16,18). The van der Waals surface area contributed by atoms with Gasteiger partial charge in [-0.3, -0.25) is 9.59 Å². The van der Waals surface area contributed by atoms with Crippen LogP contribution >= 0.6 is 0 Å². The van der Waals surface area contributed by atoms with Gasteiger partial charge in [-0.05, 0) is 44.4 Å². The minimum absolute atomic E-state index is 0.00887. The first-order valence-electron chi connectivity index (χ1n) is 7.76. The summed E-state index contributed by atoms with van der Waals surface area (Å²) < 4.78 is 5.64. The van der Waals surface area contributed by atoms with E-state index in [2.05, 4.69) is 5.32 Å². The molecule has 0 spiro atoms. The lowest BCUT2D eigenvalue weighted by molar-refractivity contribution is -0.159. The molecule has 1 heterocycles. The van der Waals surface area contributed by atoms with Gasteiger partial charge in [-0.25, -0.2) is 0 Å². The largest absolute Gasteiger partial charge is 0.376 e. The average Bonchev–Trinajstić information content (AvgIpc) is 3.21. The Balaban J connectivity index is 1.79. The molecule has 1 N–H and O–H groups in total. The normalized spacial score (nSPS) is 32.8. The molecular weight excluding hydrogens is 256 g/mol. The maximum Gasteiger partial charge on any atom is 0.246 e. The number of hydrogen-bond acceptors (Lipinski definition) is 3. The van der Waals surface area contributed by atoms with E-state index in [1.54, 1.807) is 12.0 Å². The molecule has 0 bridgehead atoms. The van der Waals surface area contributed by atoms with Crippen molar-refractivity contribution >= 4 is 11.8 Å². The van der Waals surface area contributed by atoms with Gasteiger partial charge in [0, 0.05) is 7.11 Å². The zero-order valence-corrected chi connectivity index (χ0v) is 12.4. The van der Waals surface area contributed by atoms with Crippen LogP contribution in [0, 0.1) is 5.92 Å². The molecule has 0 radical (unpaired) electrons. The van der Waals surface area contributed by atoms with E-state index in [9.17, 15) is 9.59 Å². The summed E-state index contributed by atoms with van der Waals surface area (Å²) in [6.07, 6.45) is 5.88. The topological polar surface area (TPSA) is 58.6 Å². The summed E-state index contributed by atoms with van der Waals surface area (Å²) >= 11 is 0. The summed E-state index contributed by atoms with van der Waals surface area (Å²) in [5.74, 6) is 0.462. The molecule has 112 valence electrons. The van der Waals surface area contributed by atoms with E-state index in [1.807, 2.05) is 6.92 Å². The van der Waals surface area contributed by atoms with Gasteiger partial charge in [0.05, 0.1) is 12.1 Å². The van der Waals surface area contributed by atoms with E-state index in [1.165, 1.54) is 0 Å². The molecule has 2 saturated carbocycles. The van der Waals surface area contributed by atoms with Crippen molar-refractivity contribution in [3.8, 4) is 0 Å². The predicted molar refractivity (Wildman–Crippen MR) is 74.0 cm³/mol. The van der Waals surface area contributed by atoms with Crippen LogP contribution in [-0.4, -0.2) is 48.1 Å². The fourth-order valence-corrected chi connectivity index (χ4v) is 3.44. The van der Waals surface area contributed by atoms with Crippen LogP contribution in [0.4, 0.5) is 0 Å². The molecule has 3 fully saturated rings. The van der Waals surface area contributed by atoms with Gasteiger partial charge in [0.25, 0.3) is 0 Å². The second-order valence-corrected chi connectivity index (χ2v) is 6.45. The van der Waals surface area contributed by atoms with Crippen molar-refractivity contribution < 1.29 is 14.3 Å². The maximum atomic E-state index is 12.7. The minimum Gasteiger partial charge on any atom is -0.376 e. The summed E-state index contributed by atoms with van der Waals surface area (Å²) in [5.41, 5.74) is -0.213. The van der Waals surface area contributed by atoms with Gasteiger partial charge in [-0.2, -0.15) is 0 Å². The number of carbonyl (C=O) groups excluding carboxylic acids is 2. The molecule has 3 aliphatic rings. The van der Waals surface area contributed by atoms with Crippen molar-refractivity contribution in [3.05, 3.63) is 0 Å². The van der Waals surface area contributed by atoms with Gasteiger partial charge in [0.1, 0.15) is 12.1 Å². The van der Waals surface area contributed by atoms with E-state index in [4.69, 9.17) is 4.74 Å². The summed E-state index contributed by atoms with van der Waals surface area (Å²) in [6.45, 7) is 2.53. The van der Waals surface area contributed by atoms with Gasteiger partial charge in [-0.1, -0.05) is 6.92 Å². The van der Waals surface area contributed by atoms with Crippen LogP contribution in [0.15, 0.2) is 0 Å². The lowest BCUT2D eigenvalue weighted by Gasteiger charge is -2.47. The molecule has 0 aromatic rings. The smallest absolute Gasteiger partial charge is 0.246 e. The Hall–Kier alpha value is -1.10. The summed E-state index contributed by atoms with van der Waals surface area (Å²) in [7, 11) is 1.72. The van der Waals surface area contributed by atoms with Crippen molar-refractivity contribution in [1.82, 2.24) is 10.2 Å². The first kappa shape index (κ1) is 13.9. The van der Waals surface area contributed by atoms with Gasteiger partial charge in [-0.15, -0.1) is 0 Å². The zero-order valence-electron chi connectivity index (χ0n) is 12.4. The van der Waals surface area contributed by atoms with Crippen molar-refractivity contribution in [2.24, 2.45) is 5.92 Å². The highest BCUT2D eigenvalue weighted by atomic mass is 16.5. The zero-order chi connectivity index (χ0) is 14.3. The van der Waals surface area contributed by atoms with Crippen LogP contribution in [0.5, 0.6) is 0 Å². The van der Waals surface area contributed by atoms with Crippen molar-refractivity contribution in [2.75, 3.05) is 13.7 Å². The Morgan fingerprint density at radius 3 is 2.50 bits per heavy atom. The Morgan fingerprint density at radius 1 is 1.35 bits per heavy atom. The monoisotopic (exact) mass is 280 g/mol. The third kappa shape index (κ3) is 2.22. The predicted octanol–water partition coefficient (Wildman–Crippen LogP) is 1.07. The number of amides is 2. The van der Waals surface area contributed by atoms with Crippen LogP contribution in [0.2, 0.25) is 0 Å². The number of carbonyl (C=O) groups is 2. The van der Waals surface area contributed by atoms with E-state index in [-0.39, 0.29) is 29.5 Å². The van der Waals surface area contributed by atoms with Crippen LogP contribution < -0.4 is 5.32 Å². The molecule has 3 rings (SSSR count). The van der Waals surface area contributed by atoms with Crippen LogP contribution in [0.1, 0.15) is 45.4 Å². The highest BCUT2D eigenvalue weighted by Crippen LogP contribution is 2.39. The number of rotatable bonds is 5. The Labute approximate surface area is 120 Å². The summed E-state index contributed by atoms with van der Waals surface area (Å²) in [6, 6.07) is -0.621. The molecule has 2 atom stereocenters. The molecule has 0 aromatic heterocycles. The quantitative estimate of drug-likeness (QED) is 0.819. The molecule has 0 aromatic carbocycles. The maximum absolute atomic E-state index is 12.7. The second kappa shape index (κ2) is 5.02. The molecule has 5 heteroatoms. The summed E-state index contributed by atoms with van der Waals surface area (Å²) in [4.78, 5) is 26.8. The number of nitrogens with one attached hydrogen (secondary N) is 1. The lowest BCUT2D eigenvalue weighted by atomic mass is 9.79. The van der Waals surface area contributed by atoms with E-state index < -0.39 is 0 Å². The van der Waals surface area contributed by atoms with Crippen molar-refractivity contribution in [3.63, 3.8) is 0 Å². The molecule has 1 aliphatic heterocycles. The van der Waals surface area contributed by atoms with Gasteiger partial charge < -0.3 is 15.0 Å². The van der Waals surface area contributed by atoms with Crippen molar-refractivity contribution in [2.45, 2.75) is 63.1 Å². The Kier molecular flexibility index (Phi) is 3.48. The molecule has 2 amide bonds. The second-order valence-electron chi connectivity index (χ2n) is 6.45. The van der Waals surface area contributed by atoms with E-state index in [0.717, 1.165) is 32.1 Å². The number of hydrogen-bond donors (Lipinski definition) is 1. The van der Waals surface area contributed by atoms with Crippen LogP contribution in [-0.2, 0) is 14.3 Å². The van der Waals surface area contributed by atoms with Crippen molar-refractivity contribution in [1.29, 1.82) is 0 Å². The summed E-state index contributed by atoms with van der Waals surface area (Å²) in [5, 5.41) is 2.93. The fourth-order valence-electron chi connectivity index (χ4n) is 3.44. The Bertz CT molecular complexity index is 410. The first-order chi connectivity index (χ1) is 9.60. The number of methoxy groups -OCH3 is 1. The molecule has 5 nitrogen and oxygen atoms in total. The van der Waals surface area contributed by atoms with Crippen LogP contribution in [0.3, 0.4) is 0 Å². The third-order valence-electron chi connectivity index (χ3n) is 5.16. The Morgan fingerprint density at radius 2 is 2.05 bits per heavy atom. The van der Waals surface area contributed by atoms with Gasteiger partial charge in [0.15, 0.2) is 0 Å². The number of piperazine rings is 1.